The van der Waals surface area contributed by atoms with E-state index in [1.807, 2.05) is 37.4 Å². The van der Waals surface area contributed by atoms with Gasteiger partial charge in [0.05, 0.1) is 12.6 Å². The van der Waals surface area contributed by atoms with E-state index in [0.717, 1.165) is 12.2 Å². The fourth-order valence-corrected chi connectivity index (χ4v) is 3.23. The first-order valence-electron chi connectivity index (χ1n) is 6.77. The summed E-state index contributed by atoms with van der Waals surface area (Å²) in [5.41, 5.74) is 1.27. The second-order valence-corrected chi connectivity index (χ2v) is 5.58. The lowest BCUT2D eigenvalue weighted by Gasteiger charge is -2.15. The standard InChI is InChI=1S/C16H21NOS/c1-4-14-10-11-15(19-14)16(17-3)12-6-8-13(9-7-12)18-5-2/h6-11,16-17H,4-5H2,1-3H3. The second kappa shape index (κ2) is 6.73. The largest absolute Gasteiger partial charge is 0.494 e. The molecular formula is C16H21NOS. The molecule has 1 aromatic carbocycles. The number of aryl methyl sites for hydroxylation is 1. The number of nitrogens with one attached hydrogen (secondary N) is 1. The van der Waals surface area contributed by atoms with Crippen molar-refractivity contribution < 1.29 is 4.74 Å². The highest BCUT2D eigenvalue weighted by molar-refractivity contribution is 7.12. The normalized spacial score (nSPS) is 12.4. The zero-order valence-corrected chi connectivity index (χ0v) is 12.6. The van der Waals surface area contributed by atoms with Crippen LogP contribution in [0.3, 0.4) is 0 Å². The summed E-state index contributed by atoms with van der Waals surface area (Å²) in [6.45, 7) is 4.91. The van der Waals surface area contributed by atoms with Gasteiger partial charge in [0.25, 0.3) is 0 Å². The molecule has 0 radical (unpaired) electrons. The molecule has 1 atom stereocenters. The number of ether oxygens (including phenoxy) is 1. The van der Waals surface area contributed by atoms with Crippen LogP contribution in [0.2, 0.25) is 0 Å². The summed E-state index contributed by atoms with van der Waals surface area (Å²) in [6, 6.07) is 13.1. The van der Waals surface area contributed by atoms with Gasteiger partial charge in [0.15, 0.2) is 0 Å². The molecule has 102 valence electrons. The van der Waals surface area contributed by atoms with E-state index in [1.165, 1.54) is 15.3 Å². The van der Waals surface area contributed by atoms with E-state index >= 15 is 0 Å². The fraction of sp³-hybridized carbons (Fsp3) is 0.375. The highest BCUT2D eigenvalue weighted by Gasteiger charge is 2.14. The molecule has 1 unspecified atom stereocenters. The Bertz CT molecular complexity index is 504. The van der Waals surface area contributed by atoms with E-state index in [1.54, 1.807) is 0 Å². The molecule has 0 aliphatic heterocycles. The Morgan fingerprint density at radius 2 is 1.84 bits per heavy atom. The maximum Gasteiger partial charge on any atom is 0.119 e. The predicted molar refractivity (Wildman–Crippen MR) is 82.2 cm³/mol. The molecular weight excluding hydrogens is 254 g/mol. The zero-order valence-electron chi connectivity index (χ0n) is 11.8. The van der Waals surface area contributed by atoms with E-state index in [-0.39, 0.29) is 6.04 Å². The maximum absolute atomic E-state index is 5.48. The van der Waals surface area contributed by atoms with Gasteiger partial charge in [0.1, 0.15) is 5.75 Å². The minimum absolute atomic E-state index is 0.265. The molecule has 0 saturated heterocycles. The molecule has 0 amide bonds. The van der Waals surface area contributed by atoms with Gasteiger partial charge in [-0.2, -0.15) is 0 Å². The summed E-state index contributed by atoms with van der Waals surface area (Å²) in [7, 11) is 2.01. The third-order valence-corrected chi connectivity index (χ3v) is 4.42. The van der Waals surface area contributed by atoms with Crippen molar-refractivity contribution in [3.05, 3.63) is 51.7 Å². The molecule has 0 aliphatic rings. The van der Waals surface area contributed by atoms with Crippen molar-refractivity contribution in [1.29, 1.82) is 0 Å². The molecule has 19 heavy (non-hydrogen) atoms. The van der Waals surface area contributed by atoms with E-state index < -0.39 is 0 Å². The Hall–Kier alpha value is -1.32. The van der Waals surface area contributed by atoms with Gasteiger partial charge >= 0.3 is 0 Å². The smallest absolute Gasteiger partial charge is 0.119 e. The number of rotatable bonds is 6. The molecule has 0 spiro atoms. The Morgan fingerprint density at radius 1 is 1.11 bits per heavy atom. The first kappa shape index (κ1) is 14.1. The van der Waals surface area contributed by atoms with Crippen LogP contribution >= 0.6 is 11.3 Å². The summed E-state index contributed by atoms with van der Waals surface area (Å²) >= 11 is 1.88. The van der Waals surface area contributed by atoms with Gasteiger partial charge in [-0.15, -0.1) is 11.3 Å². The summed E-state index contributed by atoms with van der Waals surface area (Å²) in [6.07, 6.45) is 1.10. The van der Waals surface area contributed by atoms with Gasteiger partial charge in [-0.1, -0.05) is 19.1 Å². The number of thiophene rings is 1. The lowest BCUT2D eigenvalue weighted by molar-refractivity contribution is 0.340. The highest BCUT2D eigenvalue weighted by Crippen LogP contribution is 2.29. The predicted octanol–water partition coefficient (Wildman–Crippen LogP) is 4.02. The molecule has 0 bridgehead atoms. The van der Waals surface area contributed by atoms with Gasteiger partial charge in [-0.05, 0) is 50.2 Å². The summed E-state index contributed by atoms with van der Waals surface area (Å²) in [5, 5.41) is 3.39. The van der Waals surface area contributed by atoms with E-state index in [0.29, 0.717) is 6.61 Å². The Morgan fingerprint density at radius 3 is 2.37 bits per heavy atom. The fourth-order valence-electron chi connectivity index (χ4n) is 2.14. The van der Waals surface area contributed by atoms with Crippen molar-refractivity contribution in [1.82, 2.24) is 5.32 Å². The molecule has 3 heteroatoms. The molecule has 2 nitrogen and oxygen atoms in total. The first-order chi connectivity index (χ1) is 9.28. The van der Waals surface area contributed by atoms with E-state index in [2.05, 4.69) is 36.5 Å². The minimum atomic E-state index is 0.265. The molecule has 1 heterocycles. The summed E-state index contributed by atoms with van der Waals surface area (Å²) in [5.74, 6) is 0.932. The van der Waals surface area contributed by atoms with Crippen molar-refractivity contribution in [2.45, 2.75) is 26.3 Å². The average Bonchev–Trinajstić information content (AvgIpc) is 2.91. The van der Waals surface area contributed by atoms with Crippen LogP contribution in [-0.2, 0) is 6.42 Å². The van der Waals surface area contributed by atoms with Crippen molar-refractivity contribution in [3.8, 4) is 5.75 Å². The molecule has 0 aliphatic carbocycles. The highest BCUT2D eigenvalue weighted by atomic mass is 32.1. The minimum Gasteiger partial charge on any atom is -0.494 e. The monoisotopic (exact) mass is 275 g/mol. The van der Waals surface area contributed by atoms with Crippen LogP contribution < -0.4 is 10.1 Å². The molecule has 1 aromatic heterocycles. The van der Waals surface area contributed by atoms with Gasteiger partial charge in [0.2, 0.25) is 0 Å². The van der Waals surface area contributed by atoms with Crippen molar-refractivity contribution in [2.75, 3.05) is 13.7 Å². The van der Waals surface area contributed by atoms with Crippen LogP contribution in [-0.4, -0.2) is 13.7 Å². The number of hydrogen-bond donors (Lipinski definition) is 1. The van der Waals surface area contributed by atoms with E-state index in [4.69, 9.17) is 4.74 Å². The van der Waals surface area contributed by atoms with Crippen molar-refractivity contribution >= 4 is 11.3 Å². The van der Waals surface area contributed by atoms with Crippen molar-refractivity contribution in [3.63, 3.8) is 0 Å². The lowest BCUT2D eigenvalue weighted by Crippen LogP contribution is -2.16. The third-order valence-electron chi connectivity index (χ3n) is 3.13. The summed E-state index contributed by atoms with van der Waals surface area (Å²) in [4.78, 5) is 2.80. The average molecular weight is 275 g/mol. The van der Waals surface area contributed by atoms with Gasteiger partial charge in [-0.3, -0.25) is 0 Å². The van der Waals surface area contributed by atoms with Gasteiger partial charge < -0.3 is 10.1 Å². The van der Waals surface area contributed by atoms with Gasteiger partial charge in [-0.25, -0.2) is 0 Å². The van der Waals surface area contributed by atoms with E-state index in [9.17, 15) is 0 Å². The SMILES string of the molecule is CCOc1ccc(C(NC)c2ccc(CC)s2)cc1. The third kappa shape index (κ3) is 3.37. The topological polar surface area (TPSA) is 21.3 Å². The van der Waals surface area contributed by atoms with Crippen LogP contribution in [0.1, 0.15) is 35.2 Å². The Balaban J connectivity index is 2.21. The maximum atomic E-state index is 5.48. The molecule has 0 fully saturated rings. The van der Waals surface area contributed by atoms with Crippen LogP contribution in [0.25, 0.3) is 0 Å². The van der Waals surface area contributed by atoms with Crippen molar-refractivity contribution in [2.24, 2.45) is 0 Å². The quantitative estimate of drug-likeness (QED) is 0.860. The Labute approximate surface area is 119 Å². The molecule has 2 aromatic rings. The zero-order chi connectivity index (χ0) is 13.7. The second-order valence-electron chi connectivity index (χ2n) is 4.38. The van der Waals surface area contributed by atoms with Crippen LogP contribution in [0.15, 0.2) is 36.4 Å². The van der Waals surface area contributed by atoms with Crippen LogP contribution in [0.4, 0.5) is 0 Å². The summed E-state index contributed by atoms with van der Waals surface area (Å²) < 4.78 is 5.48. The molecule has 0 saturated carbocycles. The number of benzene rings is 1. The van der Waals surface area contributed by atoms with Crippen LogP contribution in [0, 0.1) is 0 Å². The first-order valence-corrected chi connectivity index (χ1v) is 7.58. The number of hydrogen-bond acceptors (Lipinski definition) is 3. The molecule has 2 rings (SSSR count). The Kier molecular flexibility index (Phi) is 5.00. The van der Waals surface area contributed by atoms with Gasteiger partial charge in [0, 0.05) is 9.75 Å². The lowest BCUT2D eigenvalue weighted by atomic mass is 10.1. The molecule has 1 N–H and O–H groups in total. The van der Waals surface area contributed by atoms with Crippen LogP contribution in [0.5, 0.6) is 5.75 Å².